The highest BCUT2D eigenvalue weighted by Crippen LogP contribution is 2.23. The van der Waals surface area contributed by atoms with Crippen LogP contribution in [0.2, 0.25) is 0 Å². The Balaban J connectivity index is 2.53. The Morgan fingerprint density at radius 3 is 2.26 bits per heavy atom. The zero-order chi connectivity index (χ0) is 14.0. The van der Waals surface area contributed by atoms with Crippen molar-refractivity contribution in [2.24, 2.45) is 0 Å². The number of benzene rings is 2. The van der Waals surface area contributed by atoms with Gasteiger partial charge in [-0.25, -0.2) is 13.2 Å². The van der Waals surface area contributed by atoms with Crippen molar-refractivity contribution in [3.63, 3.8) is 0 Å². The molecule has 2 rings (SSSR count). The van der Waals surface area contributed by atoms with Crippen molar-refractivity contribution in [1.82, 2.24) is 0 Å². The molecule has 0 amide bonds. The zero-order valence-corrected chi connectivity index (χ0v) is 9.91. The van der Waals surface area contributed by atoms with Crippen LogP contribution in [0.25, 0.3) is 0 Å². The molecule has 0 atom stereocenters. The standard InChI is InChI=1S/C14H9F3O2/c1-19-13-5-3-2-4-8(13)14(18)9-6-11(16)12(17)7-10(9)15/h2-7H,1H3. The van der Waals surface area contributed by atoms with Crippen LogP contribution in [0.5, 0.6) is 5.75 Å². The second kappa shape index (κ2) is 5.14. The van der Waals surface area contributed by atoms with Gasteiger partial charge in [-0.2, -0.15) is 0 Å². The van der Waals surface area contributed by atoms with Gasteiger partial charge in [0.25, 0.3) is 0 Å². The van der Waals surface area contributed by atoms with Crippen LogP contribution < -0.4 is 4.74 Å². The molecule has 0 bridgehead atoms. The monoisotopic (exact) mass is 266 g/mol. The Morgan fingerprint density at radius 2 is 1.58 bits per heavy atom. The maximum Gasteiger partial charge on any atom is 0.199 e. The van der Waals surface area contributed by atoms with E-state index in [1.165, 1.54) is 19.2 Å². The van der Waals surface area contributed by atoms with E-state index in [2.05, 4.69) is 0 Å². The van der Waals surface area contributed by atoms with E-state index in [1.54, 1.807) is 12.1 Å². The topological polar surface area (TPSA) is 26.3 Å². The van der Waals surface area contributed by atoms with E-state index >= 15 is 0 Å². The van der Waals surface area contributed by atoms with Gasteiger partial charge in [-0.05, 0) is 18.2 Å². The lowest BCUT2D eigenvalue weighted by molar-refractivity contribution is 0.103. The van der Waals surface area contributed by atoms with Gasteiger partial charge in [0, 0.05) is 6.07 Å². The average Bonchev–Trinajstić information content (AvgIpc) is 2.42. The Hall–Kier alpha value is -2.30. The molecule has 2 aromatic carbocycles. The Bertz CT molecular complexity index is 639. The van der Waals surface area contributed by atoms with E-state index < -0.39 is 28.8 Å². The van der Waals surface area contributed by atoms with Crippen LogP contribution in [0.4, 0.5) is 13.2 Å². The molecule has 0 aliphatic heterocycles. The zero-order valence-electron chi connectivity index (χ0n) is 9.91. The van der Waals surface area contributed by atoms with Gasteiger partial charge in [0.2, 0.25) is 0 Å². The third-order valence-corrected chi connectivity index (χ3v) is 2.61. The molecule has 5 heteroatoms. The van der Waals surface area contributed by atoms with E-state index in [1.807, 2.05) is 0 Å². The van der Waals surface area contributed by atoms with Crippen molar-refractivity contribution in [2.45, 2.75) is 0 Å². The van der Waals surface area contributed by atoms with E-state index in [9.17, 15) is 18.0 Å². The molecule has 0 N–H and O–H groups in total. The first kappa shape index (κ1) is 13.1. The Labute approximate surface area is 107 Å². The lowest BCUT2D eigenvalue weighted by Gasteiger charge is -2.08. The molecule has 0 aliphatic rings. The largest absolute Gasteiger partial charge is 0.496 e. The first-order valence-electron chi connectivity index (χ1n) is 5.37. The van der Waals surface area contributed by atoms with Gasteiger partial charge in [-0.1, -0.05) is 12.1 Å². The van der Waals surface area contributed by atoms with Gasteiger partial charge in [0.15, 0.2) is 17.4 Å². The van der Waals surface area contributed by atoms with Crippen molar-refractivity contribution >= 4 is 5.78 Å². The molecule has 0 saturated carbocycles. The van der Waals surface area contributed by atoms with Gasteiger partial charge >= 0.3 is 0 Å². The summed E-state index contributed by atoms with van der Waals surface area (Å²) in [5.74, 6) is -4.27. The molecule has 0 radical (unpaired) electrons. The quantitative estimate of drug-likeness (QED) is 0.629. The molecule has 0 aliphatic carbocycles. The van der Waals surface area contributed by atoms with Crippen molar-refractivity contribution in [1.29, 1.82) is 0 Å². The summed E-state index contributed by atoms with van der Waals surface area (Å²) in [6, 6.07) is 7.02. The van der Waals surface area contributed by atoms with E-state index in [4.69, 9.17) is 4.74 Å². The predicted octanol–water partition coefficient (Wildman–Crippen LogP) is 3.34. The highest BCUT2D eigenvalue weighted by atomic mass is 19.2. The summed E-state index contributed by atoms with van der Waals surface area (Å²) in [6.07, 6.45) is 0. The van der Waals surface area contributed by atoms with Gasteiger partial charge in [0.05, 0.1) is 18.2 Å². The van der Waals surface area contributed by atoms with Crippen LogP contribution in [0.1, 0.15) is 15.9 Å². The first-order valence-corrected chi connectivity index (χ1v) is 5.37. The van der Waals surface area contributed by atoms with Crippen LogP contribution >= 0.6 is 0 Å². The highest BCUT2D eigenvalue weighted by Gasteiger charge is 2.20. The lowest BCUT2D eigenvalue weighted by atomic mass is 10.0. The number of hydrogen-bond donors (Lipinski definition) is 0. The molecule has 2 aromatic rings. The summed E-state index contributed by atoms with van der Waals surface area (Å²) in [7, 11) is 1.35. The summed E-state index contributed by atoms with van der Waals surface area (Å²) in [6.45, 7) is 0. The van der Waals surface area contributed by atoms with E-state index in [-0.39, 0.29) is 11.3 Å². The highest BCUT2D eigenvalue weighted by molar-refractivity contribution is 6.10. The molecule has 19 heavy (non-hydrogen) atoms. The summed E-state index contributed by atoms with van der Waals surface area (Å²) < 4.78 is 44.4. The first-order chi connectivity index (χ1) is 9.04. The Kier molecular flexibility index (Phi) is 3.55. The average molecular weight is 266 g/mol. The minimum absolute atomic E-state index is 0.0786. The van der Waals surface area contributed by atoms with Crippen LogP contribution in [-0.4, -0.2) is 12.9 Å². The molecule has 0 unspecified atom stereocenters. The van der Waals surface area contributed by atoms with Crippen LogP contribution in [0.15, 0.2) is 36.4 Å². The second-order valence-electron chi connectivity index (χ2n) is 3.78. The lowest BCUT2D eigenvalue weighted by Crippen LogP contribution is -2.07. The van der Waals surface area contributed by atoms with Crippen molar-refractivity contribution in [3.8, 4) is 5.75 Å². The number of methoxy groups -OCH3 is 1. The molecular formula is C14H9F3O2. The SMILES string of the molecule is COc1ccccc1C(=O)c1cc(F)c(F)cc1F. The smallest absolute Gasteiger partial charge is 0.199 e. The number of hydrogen-bond acceptors (Lipinski definition) is 2. The van der Waals surface area contributed by atoms with E-state index in [0.717, 1.165) is 0 Å². The van der Waals surface area contributed by atoms with Crippen LogP contribution in [0, 0.1) is 17.5 Å². The normalized spacial score (nSPS) is 10.3. The molecule has 0 saturated heterocycles. The van der Waals surface area contributed by atoms with E-state index in [0.29, 0.717) is 12.1 Å². The maximum absolute atomic E-state index is 13.5. The molecular weight excluding hydrogens is 257 g/mol. The molecule has 0 heterocycles. The number of para-hydroxylation sites is 1. The fraction of sp³-hybridized carbons (Fsp3) is 0.0714. The van der Waals surface area contributed by atoms with Crippen molar-refractivity contribution in [3.05, 3.63) is 65.0 Å². The van der Waals surface area contributed by atoms with Crippen LogP contribution in [0.3, 0.4) is 0 Å². The number of ether oxygens (including phenoxy) is 1. The Morgan fingerprint density at radius 1 is 0.947 bits per heavy atom. The minimum Gasteiger partial charge on any atom is -0.496 e. The molecule has 98 valence electrons. The van der Waals surface area contributed by atoms with Gasteiger partial charge in [-0.3, -0.25) is 4.79 Å². The molecule has 0 fully saturated rings. The molecule has 0 aromatic heterocycles. The summed E-state index contributed by atoms with van der Waals surface area (Å²) in [5, 5.41) is 0. The maximum atomic E-state index is 13.5. The minimum atomic E-state index is -1.34. The molecule has 2 nitrogen and oxygen atoms in total. The van der Waals surface area contributed by atoms with Gasteiger partial charge < -0.3 is 4.74 Å². The summed E-state index contributed by atoms with van der Waals surface area (Å²) >= 11 is 0. The fourth-order valence-electron chi connectivity index (χ4n) is 1.67. The third kappa shape index (κ3) is 2.45. The summed E-state index contributed by atoms with van der Waals surface area (Å²) in [5.41, 5.74) is -0.460. The van der Waals surface area contributed by atoms with Crippen LogP contribution in [-0.2, 0) is 0 Å². The van der Waals surface area contributed by atoms with Gasteiger partial charge in [-0.15, -0.1) is 0 Å². The van der Waals surface area contributed by atoms with Crippen molar-refractivity contribution in [2.75, 3.05) is 7.11 Å². The number of rotatable bonds is 3. The third-order valence-electron chi connectivity index (χ3n) is 2.61. The number of carbonyl (C=O) groups excluding carboxylic acids is 1. The number of carbonyl (C=O) groups is 1. The summed E-state index contributed by atoms with van der Waals surface area (Å²) in [4.78, 5) is 12.1. The number of ketones is 1. The van der Waals surface area contributed by atoms with Crippen molar-refractivity contribution < 1.29 is 22.7 Å². The molecule has 0 spiro atoms. The predicted molar refractivity (Wildman–Crippen MR) is 62.7 cm³/mol. The fourth-order valence-corrected chi connectivity index (χ4v) is 1.67. The van der Waals surface area contributed by atoms with Gasteiger partial charge in [0.1, 0.15) is 11.6 Å². The second-order valence-corrected chi connectivity index (χ2v) is 3.78. The number of halogens is 3.